The molecule has 1 aromatic rings. The maximum absolute atomic E-state index is 12.6. The fourth-order valence-electron chi connectivity index (χ4n) is 2.63. The number of carbonyl (C=O) groups excluding carboxylic acids is 2. The lowest BCUT2D eigenvalue weighted by Gasteiger charge is -2.20. The van der Waals surface area contributed by atoms with Crippen molar-refractivity contribution in [3.05, 3.63) is 39.4 Å². The van der Waals surface area contributed by atoms with Crippen LogP contribution < -0.4 is 0 Å². The molecule has 1 amide bonds. The van der Waals surface area contributed by atoms with E-state index in [1.165, 1.54) is 12.1 Å². The molecular formula is C16H20N2O5. The summed E-state index contributed by atoms with van der Waals surface area (Å²) >= 11 is 0. The highest BCUT2D eigenvalue weighted by molar-refractivity contribution is 5.99. The Hall–Kier alpha value is -2.44. The molecule has 0 bridgehead atoms. The predicted octanol–water partition coefficient (Wildman–Crippen LogP) is 2.79. The number of hydrogen-bond acceptors (Lipinski definition) is 5. The Morgan fingerprint density at radius 2 is 1.74 bits per heavy atom. The van der Waals surface area contributed by atoms with Crippen molar-refractivity contribution in [2.45, 2.75) is 32.6 Å². The lowest BCUT2D eigenvalue weighted by Crippen LogP contribution is -2.32. The van der Waals surface area contributed by atoms with Gasteiger partial charge in [0, 0.05) is 30.8 Å². The molecule has 0 spiro atoms. The van der Waals surface area contributed by atoms with Crippen LogP contribution in [-0.4, -0.2) is 41.4 Å². The molecule has 0 radical (unpaired) electrons. The molecule has 7 nitrogen and oxygen atoms in total. The van der Waals surface area contributed by atoms with Crippen LogP contribution in [0.25, 0.3) is 0 Å². The van der Waals surface area contributed by atoms with Gasteiger partial charge >= 0.3 is 5.97 Å². The minimum Gasteiger partial charge on any atom is -0.462 e. The largest absolute Gasteiger partial charge is 0.462 e. The van der Waals surface area contributed by atoms with Gasteiger partial charge in [0.1, 0.15) is 0 Å². The molecular weight excluding hydrogens is 300 g/mol. The average Bonchev–Trinajstić information content (AvgIpc) is 2.83. The second-order valence-corrected chi connectivity index (χ2v) is 5.45. The summed E-state index contributed by atoms with van der Waals surface area (Å²) in [6.07, 6.45) is 4.00. The van der Waals surface area contributed by atoms with Gasteiger partial charge in [-0.25, -0.2) is 4.79 Å². The van der Waals surface area contributed by atoms with Crippen LogP contribution in [0.2, 0.25) is 0 Å². The van der Waals surface area contributed by atoms with E-state index in [0.29, 0.717) is 13.1 Å². The van der Waals surface area contributed by atoms with Crippen LogP contribution in [0.5, 0.6) is 0 Å². The lowest BCUT2D eigenvalue weighted by molar-refractivity contribution is -0.384. The molecule has 0 unspecified atom stereocenters. The van der Waals surface area contributed by atoms with Gasteiger partial charge in [-0.1, -0.05) is 12.8 Å². The van der Waals surface area contributed by atoms with E-state index >= 15 is 0 Å². The number of likely N-dealkylation sites (tertiary alicyclic amines) is 1. The average molecular weight is 320 g/mol. The quantitative estimate of drug-likeness (QED) is 0.483. The molecule has 0 saturated carbocycles. The van der Waals surface area contributed by atoms with Crippen molar-refractivity contribution in [3.63, 3.8) is 0 Å². The van der Waals surface area contributed by atoms with Gasteiger partial charge < -0.3 is 9.64 Å². The Bertz CT molecular complexity index is 606. The van der Waals surface area contributed by atoms with Gasteiger partial charge in [-0.3, -0.25) is 14.9 Å². The normalized spacial score (nSPS) is 14.9. The van der Waals surface area contributed by atoms with Gasteiger partial charge in [0.05, 0.1) is 17.1 Å². The van der Waals surface area contributed by atoms with E-state index in [2.05, 4.69) is 0 Å². The number of nitro benzene ring substituents is 1. The van der Waals surface area contributed by atoms with Gasteiger partial charge in [-0.05, 0) is 25.8 Å². The zero-order chi connectivity index (χ0) is 16.8. The molecule has 1 aliphatic rings. The van der Waals surface area contributed by atoms with Gasteiger partial charge in [0.25, 0.3) is 11.6 Å². The van der Waals surface area contributed by atoms with E-state index in [1.54, 1.807) is 11.8 Å². The number of nitro groups is 1. The maximum atomic E-state index is 12.6. The number of non-ortho nitro benzene ring substituents is 1. The first-order valence-electron chi connectivity index (χ1n) is 7.79. The fraction of sp³-hybridized carbons (Fsp3) is 0.500. The summed E-state index contributed by atoms with van der Waals surface area (Å²) in [6, 6.07) is 3.73. The molecule has 1 saturated heterocycles. The van der Waals surface area contributed by atoms with Crippen LogP contribution in [0.4, 0.5) is 5.69 Å². The number of benzene rings is 1. The van der Waals surface area contributed by atoms with Crippen molar-refractivity contribution < 1.29 is 19.2 Å². The van der Waals surface area contributed by atoms with Crippen LogP contribution >= 0.6 is 0 Å². The Morgan fingerprint density at radius 3 is 2.30 bits per heavy atom. The second-order valence-electron chi connectivity index (χ2n) is 5.45. The van der Waals surface area contributed by atoms with Crippen LogP contribution in [0.3, 0.4) is 0 Å². The summed E-state index contributed by atoms with van der Waals surface area (Å²) in [5.41, 5.74) is -0.0999. The van der Waals surface area contributed by atoms with Gasteiger partial charge in [-0.15, -0.1) is 0 Å². The first-order chi connectivity index (χ1) is 11.0. The number of rotatable bonds is 4. The van der Waals surface area contributed by atoms with Gasteiger partial charge in [0.2, 0.25) is 0 Å². The summed E-state index contributed by atoms with van der Waals surface area (Å²) in [5, 5.41) is 11.1. The van der Waals surface area contributed by atoms with E-state index in [4.69, 9.17) is 4.74 Å². The highest BCUT2D eigenvalue weighted by atomic mass is 16.6. The fourth-order valence-corrected chi connectivity index (χ4v) is 2.63. The van der Waals surface area contributed by atoms with Crippen molar-refractivity contribution in [1.82, 2.24) is 4.90 Å². The Labute approximate surface area is 134 Å². The van der Waals surface area contributed by atoms with Crippen molar-refractivity contribution in [2.75, 3.05) is 19.7 Å². The highest BCUT2D eigenvalue weighted by Gasteiger charge is 2.22. The molecule has 0 N–H and O–H groups in total. The van der Waals surface area contributed by atoms with E-state index in [1.807, 2.05) is 0 Å². The molecule has 7 heteroatoms. The van der Waals surface area contributed by atoms with E-state index in [0.717, 1.165) is 31.7 Å². The van der Waals surface area contributed by atoms with Gasteiger partial charge in [-0.2, -0.15) is 0 Å². The Balaban J connectivity index is 2.33. The number of ether oxygens (including phenoxy) is 1. The van der Waals surface area contributed by atoms with E-state index in [-0.39, 0.29) is 29.3 Å². The third kappa shape index (κ3) is 4.28. The minimum absolute atomic E-state index is 0.0271. The number of nitrogens with zero attached hydrogens (tertiary/aromatic N) is 2. The molecule has 0 aliphatic carbocycles. The summed E-state index contributed by atoms with van der Waals surface area (Å²) in [4.78, 5) is 36.6. The standard InChI is InChI=1S/C16H20N2O5/c1-2-23-16(20)13-9-12(10-14(11-13)18(21)22)15(19)17-7-5-3-4-6-8-17/h9-11H,2-8H2,1H3. The molecule has 124 valence electrons. The molecule has 1 heterocycles. The smallest absolute Gasteiger partial charge is 0.338 e. The molecule has 1 fully saturated rings. The zero-order valence-corrected chi connectivity index (χ0v) is 13.1. The topological polar surface area (TPSA) is 89.8 Å². The minimum atomic E-state index is -0.666. The summed E-state index contributed by atoms with van der Waals surface area (Å²) in [5.74, 6) is -0.942. The molecule has 1 aromatic carbocycles. The summed E-state index contributed by atoms with van der Waals surface area (Å²) < 4.78 is 4.88. The first kappa shape index (κ1) is 16.9. The maximum Gasteiger partial charge on any atom is 0.338 e. The number of amides is 1. The SMILES string of the molecule is CCOC(=O)c1cc(C(=O)N2CCCCCC2)cc([N+](=O)[O-])c1. The van der Waals surface area contributed by atoms with Crippen LogP contribution in [0, 0.1) is 10.1 Å². The summed E-state index contributed by atoms with van der Waals surface area (Å²) in [6.45, 7) is 3.09. The Kier molecular flexibility index (Phi) is 5.67. The van der Waals surface area contributed by atoms with E-state index < -0.39 is 10.9 Å². The lowest BCUT2D eigenvalue weighted by atomic mass is 10.1. The van der Waals surface area contributed by atoms with E-state index in [9.17, 15) is 19.7 Å². The number of hydrogen-bond donors (Lipinski definition) is 0. The van der Waals surface area contributed by atoms with Crippen molar-refractivity contribution >= 4 is 17.6 Å². The third-order valence-electron chi connectivity index (χ3n) is 3.78. The number of esters is 1. The van der Waals surface area contributed by atoms with Crippen LogP contribution in [0.1, 0.15) is 53.3 Å². The second kappa shape index (κ2) is 7.71. The monoisotopic (exact) mass is 320 g/mol. The highest BCUT2D eigenvalue weighted by Crippen LogP contribution is 2.21. The number of carbonyl (C=O) groups is 2. The molecule has 23 heavy (non-hydrogen) atoms. The summed E-state index contributed by atoms with van der Waals surface area (Å²) in [7, 11) is 0. The van der Waals surface area contributed by atoms with Crippen molar-refractivity contribution in [3.8, 4) is 0 Å². The van der Waals surface area contributed by atoms with Crippen LogP contribution in [0.15, 0.2) is 18.2 Å². The Morgan fingerprint density at radius 1 is 1.13 bits per heavy atom. The molecule has 1 aliphatic heterocycles. The predicted molar refractivity (Wildman–Crippen MR) is 83.4 cm³/mol. The van der Waals surface area contributed by atoms with Crippen molar-refractivity contribution in [1.29, 1.82) is 0 Å². The van der Waals surface area contributed by atoms with Crippen molar-refractivity contribution in [2.24, 2.45) is 0 Å². The van der Waals surface area contributed by atoms with Gasteiger partial charge in [0.15, 0.2) is 0 Å². The third-order valence-corrected chi connectivity index (χ3v) is 3.78. The molecule has 0 aromatic heterocycles. The van der Waals surface area contributed by atoms with Crippen LogP contribution in [-0.2, 0) is 4.74 Å². The zero-order valence-electron chi connectivity index (χ0n) is 13.1. The molecule has 0 atom stereocenters. The molecule has 2 rings (SSSR count). The first-order valence-corrected chi connectivity index (χ1v) is 7.79.